The second-order valence-corrected chi connectivity index (χ2v) is 4.53. The molecule has 0 radical (unpaired) electrons. The van der Waals surface area contributed by atoms with Gasteiger partial charge in [-0.15, -0.1) is 0 Å². The molecule has 0 aliphatic heterocycles. The van der Waals surface area contributed by atoms with Crippen molar-refractivity contribution in [2.75, 3.05) is 13.6 Å². The lowest BCUT2D eigenvalue weighted by molar-refractivity contribution is -0.117. The summed E-state index contributed by atoms with van der Waals surface area (Å²) in [4.78, 5) is 26.6. The van der Waals surface area contributed by atoms with Crippen molar-refractivity contribution in [1.29, 1.82) is 0 Å². The second kappa shape index (κ2) is 5.18. The Hall–Kier alpha value is -1.88. The van der Waals surface area contributed by atoms with E-state index in [2.05, 4.69) is 9.88 Å². The lowest BCUT2D eigenvalue weighted by atomic mass is 10.2. The molecule has 1 heterocycles. The normalized spacial score (nSPS) is 11.3. The summed E-state index contributed by atoms with van der Waals surface area (Å²) in [5.41, 5.74) is 2.32. The molecule has 18 heavy (non-hydrogen) atoms. The standard InChI is InChI=1S/C13H16N2O3/c1-9(16)5-6-15(2)8-10-3-4-11-12(7-10)18-13(17)14-11/h3-4,7H,5-6,8H2,1-2H3,(H,14,17). The maximum absolute atomic E-state index is 11.0. The molecule has 0 saturated carbocycles. The first-order valence-corrected chi connectivity index (χ1v) is 5.84. The average molecular weight is 248 g/mol. The summed E-state index contributed by atoms with van der Waals surface area (Å²) < 4.78 is 5.00. The summed E-state index contributed by atoms with van der Waals surface area (Å²) in [6.07, 6.45) is 0.554. The molecule has 5 nitrogen and oxygen atoms in total. The lowest BCUT2D eigenvalue weighted by Crippen LogP contribution is -2.20. The van der Waals surface area contributed by atoms with Crippen molar-refractivity contribution in [2.45, 2.75) is 19.9 Å². The Morgan fingerprint density at radius 1 is 1.44 bits per heavy atom. The molecule has 5 heteroatoms. The predicted molar refractivity (Wildman–Crippen MR) is 68.5 cm³/mol. The van der Waals surface area contributed by atoms with Gasteiger partial charge in [0.1, 0.15) is 5.78 Å². The number of H-pyrrole nitrogens is 1. The fourth-order valence-corrected chi connectivity index (χ4v) is 1.83. The summed E-state index contributed by atoms with van der Waals surface area (Å²) in [5, 5.41) is 0. The molecule has 2 rings (SSSR count). The molecule has 96 valence electrons. The van der Waals surface area contributed by atoms with Crippen molar-refractivity contribution in [1.82, 2.24) is 9.88 Å². The number of oxazole rings is 1. The van der Waals surface area contributed by atoms with E-state index in [0.717, 1.165) is 18.7 Å². The van der Waals surface area contributed by atoms with Crippen molar-refractivity contribution < 1.29 is 9.21 Å². The molecule has 0 aliphatic carbocycles. The van der Waals surface area contributed by atoms with E-state index in [9.17, 15) is 9.59 Å². The van der Waals surface area contributed by atoms with Gasteiger partial charge in [-0.1, -0.05) is 6.07 Å². The average Bonchev–Trinajstić information content (AvgIpc) is 2.66. The fourth-order valence-electron chi connectivity index (χ4n) is 1.83. The summed E-state index contributed by atoms with van der Waals surface area (Å²) in [6, 6.07) is 5.62. The molecule has 1 aromatic heterocycles. The summed E-state index contributed by atoms with van der Waals surface area (Å²) in [7, 11) is 1.96. The first-order valence-electron chi connectivity index (χ1n) is 5.84. The minimum atomic E-state index is -0.438. The Morgan fingerprint density at radius 3 is 2.94 bits per heavy atom. The molecule has 0 unspecified atom stereocenters. The smallest absolute Gasteiger partial charge is 0.408 e. The van der Waals surface area contributed by atoms with E-state index >= 15 is 0 Å². The van der Waals surface area contributed by atoms with Crippen LogP contribution in [0.3, 0.4) is 0 Å². The Morgan fingerprint density at radius 2 is 2.22 bits per heavy atom. The van der Waals surface area contributed by atoms with Crippen LogP contribution in [0.2, 0.25) is 0 Å². The van der Waals surface area contributed by atoms with E-state index in [1.54, 1.807) is 6.92 Å². The highest BCUT2D eigenvalue weighted by atomic mass is 16.4. The number of benzene rings is 1. The number of nitrogens with zero attached hydrogens (tertiary/aromatic N) is 1. The van der Waals surface area contributed by atoms with Gasteiger partial charge in [-0.3, -0.25) is 9.78 Å². The summed E-state index contributed by atoms with van der Waals surface area (Å²) in [6.45, 7) is 3.04. The van der Waals surface area contributed by atoms with Crippen molar-refractivity contribution in [3.05, 3.63) is 34.3 Å². The highest BCUT2D eigenvalue weighted by molar-refractivity contribution is 5.75. The van der Waals surface area contributed by atoms with Crippen LogP contribution in [0.25, 0.3) is 11.1 Å². The number of hydrogen-bond acceptors (Lipinski definition) is 4. The van der Waals surface area contributed by atoms with Gasteiger partial charge < -0.3 is 9.32 Å². The maximum Gasteiger partial charge on any atom is 0.417 e. The third-order valence-electron chi connectivity index (χ3n) is 2.78. The highest BCUT2D eigenvalue weighted by Gasteiger charge is 2.05. The molecule has 0 amide bonds. The van der Waals surface area contributed by atoms with E-state index in [-0.39, 0.29) is 5.78 Å². The van der Waals surface area contributed by atoms with Crippen LogP contribution < -0.4 is 5.76 Å². The summed E-state index contributed by atoms with van der Waals surface area (Å²) in [5.74, 6) is -0.249. The molecule has 0 spiro atoms. The molecular formula is C13H16N2O3. The second-order valence-electron chi connectivity index (χ2n) is 4.53. The van der Waals surface area contributed by atoms with Gasteiger partial charge in [0.05, 0.1) is 5.52 Å². The van der Waals surface area contributed by atoms with Gasteiger partial charge in [-0.2, -0.15) is 0 Å². The first-order chi connectivity index (χ1) is 8.54. The number of rotatable bonds is 5. The van der Waals surface area contributed by atoms with Crippen LogP contribution in [0.5, 0.6) is 0 Å². The molecule has 1 aromatic carbocycles. The topological polar surface area (TPSA) is 66.3 Å². The van der Waals surface area contributed by atoms with E-state index in [4.69, 9.17) is 4.42 Å². The van der Waals surface area contributed by atoms with Crippen molar-refractivity contribution in [3.63, 3.8) is 0 Å². The zero-order valence-corrected chi connectivity index (χ0v) is 10.5. The number of carbonyl (C=O) groups excluding carboxylic acids is 1. The van der Waals surface area contributed by atoms with Crippen LogP contribution >= 0.6 is 0 Å². The van der Waals surface area contributed by atoms with E-state index in [1.807, 2.05) is 25.2 Å². The molecule has 2 aromatic rings. The van der Waals surface area contributed by atoms with Crippen LogP contribution in [-0.2, 0) is 11.3 Å². The lowest BCUT2D eigenvalue weighted by Gasteiger charge is -2.15. The van der Waals surface area contributed by atoms with Gasteiger partial charge in [-0.05, 0) is 31.7 Å². The van der Waals surface area contributed by atoms with E-state index in [0.29, 0.717) is 17.5 Å². The zero-order chi connectivity index (χ0) is 13.1. The maximum atomic E-state index is 11.0. The Balaban J connectivity index is 2.06. The third kappa shape index (κ3) is 3.07. The number of carbonyl (C=O) groups is 1. The molecule has 0 saturated heterocycles. The van der Waals surface area contributed by atoms with Crippen molar-refractivity contribution in [2.24, 2.45) is 0 Å². The number of Topliss-reactive ketones (excluding diaryl/α,β-unsaturated/α-hetero) is 1. The molecule has 0 atom stereocenters. The van der Waals surface area contributed by atoms with Crippen LogP contribution in [0.15, 0.2) is 27.4 Å². The largest absolute Gasteiger partial charge is 0.417 e. The fraction of sp³-hybridized carbons (Fsp3) is 0.385. The zero-order valence-electron chi connectivity index (χ0n) is 10.5. The highest BCUT2D eigenvalue weighted by Crippen LogP contribution is 2.13. The number of aromatic amines is 1. The Bertz CT molecular complexity index is 612. The Kier molecular flexibility index (Phi) is 3.62. The summed E-state index contributed by atoms with van der Waals surface area (Å²) >= 11 is 0. The number of hydrogen-bond donors (Lipinski definition) is 1. The number of fused-ring (bicyclic) bond motifs is 1. The molecular weight excluding hydrogens is 232 g/mol. The molecule has 0 fully saturated rings. The van der Waals surface area contributed by atoms with Gasteiger partial charge >= 0.3 is 5.76 Å². The van der Waals surface area contributed by atoms with Gasteiger partial charge in [0.25, 0.3) is 0 Å². The van der Waals surface area contributed by atoms with E-state index < -0.39 is 5.76 Å². The van der Waals surface area contributed by atoms with Crippen LogP contribution in [0.1, 0.15) is 18.9 Å². The van der Waals surface area contributed by atoms with Gasteiger partial charge in [0.15, 0.2) is 5.58 Å². The SMILES string of the molecule is CC(=O)CCN(C)Cc1ccc2[nH]c(=O)oc2c1. The van der Waals surface area contributed by atoms with Crippen LogP contribution in [0.4, 0.5) is 0 Å². The molecule has 1 N–H and O–H groups in total. The minimum absolute atomic E-state index is 0.189. The molecule has 0 aliphatic rings. The number of nitrogens with one attached hydrogen (secondary N) is 1. The number of ketones is 1. The molecule has 0 bridgehead atoms. The first kappa shape index (κ1) is 12.6. The quantitative estimate of drug-likeness (QED) is 0.871. The van der Waals surface area contributed by atoms with E-state index in [1.165, 1.54) is 0 Å². The van der Waals surface area contributed by atoms with Crippen LogP contribution in [-0.4, -0.2) is 29.3 Å². The van der Waals surface area contributed by atoms with Crippen LogP contribution in [0, 0.1) is 0 Å². The minimum Gasteiger partial charge on any atom is -0.408 e. The number of aromatic nitrogens is 1. The predicted octanol–water partition coefficient (Wildman–Crippen LogP) is 1.53. The van der Waals surface area contributed by atoms with Gasteiger partial charge in [0.2, 0.25) is 0 Å². The van der Waals surface area contributed by atoms with Gasteiger partial charge in [-0.25, -0.2) is 4.79 Å². The Labute approximate surface area is 104 Å². The van der Waals surface area contributed by atoms with Crippen molar-refractivity contribution >= 4 is 16.9 Å². The third-order valence-corrected chi connectivity index (χ3v) is 2.78. The monoisotopic (exact) mass is 248 g/mol. The van der Waals surface area contributed by atoms with Crippen molar-refractivity contribution in [3.8, 4) is 0 Å². The van der Waals surface area contributed by atoms with Gasteiger partial charge in [0, 0.05) is 19.5 Å².